The van der Waals surface area contributed by atoms with Gasteiger partial charge in [0.1, 0.15) is 28.7 Å². The number of halogens is 5. The molecule has 4 aromatic carbocycles. The van der Waals surface area contributed by atoms with Gasteiger partial charge in [0.05, 0.1) is 57.3 Å². The topological polar surface area (TPSA) is 75.6 Å². The van der Waals surface area contributed by atoms with Crippen molar-refractivity contribution in [2.24, 2.45) is 0 Å². The van der Waals surface area contributed by atoms with Gasteiger partial charge in [-0.2, -0.15) is 0 Å². The molecule has 7 nitrogen and oxygen atoms in total. The largest absolute Gasteiger partial charge is 0.507 e. The van der Waals surface area contributed by atoms with E-state index in [1.807, 2.05) is 0 Å². The Hall–Kier alpha value is -4.12. The predicted octanol–water partition coefficient (Wildman–Crippen LogP) is 7.02. The number of phenols is 1. The summed E-state index contributed by atoms with van der Waals surface area (Å²) in [5.41, 5.74) is -1.64. The van der Waals surface area contributed by atoms with Crippen molar-refractivity contribution >= 4 is 23.8 Å². The Morgan fingerprint density at radius 2 is 1.24 bits per heavy atom. The van der Waals surface area contributed by atoms with Crippen LogP contribution in [0.2, 0.25) is 0 Å². The summed E-state index contributed by atoms with van der Waals surface area (Å²) in [6, 6.07) is 12.7. The standard InChI is InChI=1S/C36H36F5O7P/c1-43-23-10-7-11-24(44-2)35(23)49(36-25(45-3)12-8-13-26(36)46-4)27-18-20(19-47-16-14-21-9-5-6-15-48-21)17-22(34(27)42)28-29(37)31(39)33(41)32(40)30(28)38/h7-8,10-13,17-18,21,42H,5-6,9,14-16,19H2,1-4H3. The van der Waals surface area contributed by atoms with Crippen molar-refractivity contribution in [1.82, 2.24) is 0 Å². The molecule has 0 saturated carbocycles. The number of methoxy groups -OCH3 is 4. The van der Waals surface area contributed by atoms with Crippen molar-refractivity contribution in [3.8, 4) is 39.9 Å². The van der Waals surface area contributed by atoms with Gasteiger partial charge < -0.3 is 33.5 Å². The molecule has 1 fully saturated rings. The average molecular weight is 707 g/mol. The Kier molecular flexibility index (Phi) is 11.9. The van der Waals surface area contributed by atoms with Crippen molar-refractivity contribution in [1.29, 1.82) is 0 Å². The van der Waals surface area contributed by atoms with Crippen molar-refractivity contribution in [3.05, 3.63) is 83.2 Å². The van der Waals surface area contributed by atoms with Gasteiger partial charge in [-0.15, -0.1) is 0 Å². The first-order chi connectivity index (χ1) is 23.7. The Bertz CT molecular complexity index is 1670. The van der Waals surface area contributed by atoms with Gasteiger partial charge in [0.15, 0.2) is 23.3 Å². The fraction of sp³-hybridized carbons (Fsp3) is 0.333. The summed E-state index contributed by atoms with van der Waals surface area (Å²) in [6.45, 7) is 0.811. The number of ether oxygens (including phenoxy) is 6. The fourth-order valence-electron chi connectivity index (χ4n) is 5.86. The van der Waals surface area contributed by atoms with Gasteiger partial charge in [0.25, 0.3) is 0 Å². The number of hydrogen-bond donors (Lipinski definition) is 1. The van der Waals surface area contributed by atoms with Crippen molar-refractivity contribution < 1.29 is 55.5 Å². The van der Waals surface area contributed by atoms with E-state index in [2.05, 4.69) is 0 Å². The maximum atomic E-state index is 15.4. The summed E-state index contributed by atoms with van der Waals surface area (Å²) in [5.74, 6) is -10.3. The van der Waals surface area contributed by atoms with E-state index in [9.17, 15) is 18.3 Å². The highest BCUT2D eigenvalue weighted by Crippen LogP contribution is 2.49. The molecule has 1 saturated heterocycles. The summed E-state index contributed by atoms with van der Waals surface area (Å²) < 4.78 is 109. The van der Waals surface area contributed by atoms with Gasteiger partial charge in [0.2, 0.25) is 5.82 Å². The quantitative estimate of drug-likeness (QED) is 0.0527. The molecule has 0 aliphatic carbocycles. The molecular formula is C36H36F5O7P. The second-order valence-electron chi connectivity index (χ2n) is 11.1. The van der Waals surface area contributed by atoms with Gasteiger partial charge in [-0.1, -0.05) is 12.1 Å². The van der Waals surface area contributed by atoms with Crippen LogP contribution in [0.15, 0.2) is 48.5 Å². The lowest BCUT2D eigenvalue weighted by Crippen LogP contribution is -2.26. The molecule has 0 aromatic heterocycles. The molecule has 262 valence electrons. The van der Waals surface area contributed by atoms with E-state index in [-0.39, 0.29) is 30.2 Å². The molecule has 13 heteroatoms. The van der Waals surface area contributed by atoms with E-state index >= 15 is 8.78 Å². The molecule has 0 radical (unpaired) electrons. The summed E-state index contributed by atoms with van der Waals surface area (Å²) in [6.07, 6.45) is 3.55. The second-order valence-corrected chi connectivity index (χ2v) is 13.2. The van der Waals surface area contributed by atoms with Crippen molar-refractivity contribution in [3.63, 3.8) is 0 Å². The third-order valence-electron chi connectivity index (χ3n) is 8.25. The average Bonchev–Trinajstić information content (AvgIpc) is 3.13. The summed E-state index contributed by atoms with van der Waals surface area (Å²) in [4.78, 5) is 0. The summed E-state index contributed by atoms with van der Waals surface area (Å²) >= 11 is 0. The normalized spacial score (nSPS) is 14.6. The van der Waals surface area contributed by atoms with Gasteiger partial charge in [0, 0.05) is 32.0 Å². The Labute approximate surface area is 282 Å². The first-order valence-electron chi connectivity index (χ1n) is 15.5. The Balaban J connectivity index is 1.79. The van der Waals surface area contributed by atoms with E-state index < -0.39 is 53.9 Å². The Morgan fingerprint density at radius 3 is 1.71 bits per heavy atom. The van der Waals surface area contributed by atoms with Gasteiger partial charge in [-0.3, -0.25) is 0 Å². The van der Waals surface area contributed by atoms with Crippen LogP contribution in [0.25, 0.3) is 11.1 Å². The molecule has 1 unspecified atom stereocenters. The highest BCUT2D eigenvalue weighted by molar-refractivity contribution is 7.80. The van der Waals surface area contributed by atoms with Gasteiger partial charge >= 0.3 is 0 Å². The van der Waals surface area contributed by atoms with Crippen LogP contribution in [0.4, 0.5) is 22.0 Å². The van der Waals surface area contributed by atoms with Crippen LogP contribution in [-0.2, 0) is 16.1 Å². The van der Waals surface area contributed by atoms with Crippen LogP contribution >= 0.6 is 7.92 Å². The third-order valence-corrected chi connectivity index (χ3v) is 10.8. The zero-order valence-corrected chi connectivity index (χ0v) is 28.3. The smallest absolute Gasteiger partial charge is 0.200 e. The molecule has 1 aliphatic heterocycles. The molecule has 0 spiro atoms. The number of benzene rings is 4. The number of hydrogen-bond acceptors (Lipinski definition) is 7. The van der Waals surface area contributed by atoms with E-state index in [1.165, 1.54) is 28.4 Å². The van der Waals surface area contributed by atoms with Crippen LogP contribution < -0.4 is 34.9 Å². The molecule has 0 amide bonds. The monoisotopic (exact) mass is 706 g/mol. The van der Waals surface area contributed by atoms with Crippen LogP contribution in [0.1, 0.15) is 31.2 Å². The molecule has 1 aliphatic rings. The zero-order chi connectivity index (χ0) is 35.2. The van der Waals surface area contributed by atoms with Crippen molar-refractivity contribution in [2.45, 2.75) is 38.4 Å². The van der Waals surface area contributed by atoms with E-state index in [4.69, 9.17) is 28.4 Å². The minimum atomic E-state index is -2.32. The molecule has 49 heavy (non-hydrogen) atoms. The zero-order valence-electron chi connectivity index (χ0n) is 27.4. The lowest BCUT2D eigenvalue weighted by atomic mass is 10.00. The molecule has 0 bridgehead atoms. The summed E-state index contributed by atoms with van der Waals surface area (Å²) in [7, 11) is 3.65. The molecule has 5 rings (SSSR count). The fourth-order valence-corrected chi connectivity index (χ4v) is 8.74. The SMILES string of the molecule is COc1cccc(OC)c1P(c1cc(COCCC2CCCCO2)cc(-c2c(F)c(F)c(F)c(F)c2F)c1O)c1c(OC)cccc1OC. The van der Waals surface area contributed by atoms with E-state index in [0.717, 1.165) is 25.3 Å². The van der Waals surface area contributed by atoms with Crippen LogP contribution in [0, 0.1) is 29.1 Å². The van der Waals surface area contributed by atoms with E-state index in [0.29, 0.717) is 46.6 Å². The molecule has 1 heterocycles. The van der Waals surface area contributed by atoms with E-state index in [1.54, 1.807) is 42.5 Å². The van der Waals surface area contributed by atoms with Crippen LogP contribution in [0.3, 0.4) is 0 Å². The highest BCUT2D eigenvalue weighted by atomic mass is 31.1. The molecule has 1 atom stereocenters. The molecule has 1 N–H and O–H groups in total. The number of phenolic OH excluding ortho intramolecular Hbond substituents is 1. The minimum Gasteiger partial charge on any atom is -0.507 e. The van der Waals surface area contributed by atoms with Gasteiger partial charge in [-0.25, -0.2) is 22.0 Å². The third kappa shape index (κ3) is 7.27. The molecule has 4 aromatic rings. The Morgan fingerprint density at radius 1 is 0.735 bits per heavy atom. The lowest BCUT2D eigenvalue weighted by Gasteiger charge is -2.28. The maximum Gasteiger partial charge on any atom is 0.200 e. The van der Waals surface area contributed by atoms with Gasteiger partial charge in [-0.05, 0) is 67.6 Å². The first-order valence-corrected chi connectivity index (χ1v) is 16.8. The van der Waals surface area contributed by atoms with Crippen LogP contribution in [-0.4, -0.2) is 52.9 Å². The highest BCUT2D eigenvalue weighted by Gasteiger charge is 2.35. The predicted molar refractivity (Wildman–Crippen MR) is 176 cm³/mol. The maximum absolute atomic E-state index is 15.4. The number of aromatic hydroxyl groups is 1. The number of rotatable bonds is 13. The van der Waals surface area contributed by atoms with Crippen LogP contribution in [0.5, 0.6) is 28.7 Å². The summed E-state index contributed by atoms with van der Waals surface area (Å²) in [5, 5.41) is 12.9. The second kappa shape index (κ2) is 16.1. The minimum absolute atomic E-state index is 0.0249. The first kappa shape index (κ1) is 36.2. The molecular weight excluding hydrogens is 670 g/mol. The lowest BCUT2D eigenvalue weighted by molar-refractivity contribution is -0.00963. The van der Waals surface area contributed by atoms with Crippen molar-refractivity contribution in [2.75, 3.05) is 41.7 Å².